The molecule has 0 saturated carbocycles. The Morgan fingerprint density at radius 3 is 2.06 bits per heavy atom. The Hall–Kier alpha value is -2.71. The fourth-order valence-electron chi connectivity index (χ4n) is 4.50. The van der Waals surface area contributed by atoms with Crippen molar-refractivity contribution in [2.45, 2.75) is 50.3 Å². The molecule has 0 bridgehead atoms. The average molecular weight is 470 g/mol. The van der Waals surface area contributed by atoms with Gasteiger partial charge in [0.15, 0.2) is 0 Å². The minimum atomic E-state index is -3.57. The van der Waals surface area contributed by atoms with E-state index in [1.165, 1.54) is 24.3 Å². The van der Waals surface area contributed by atoms with Crippen LogP contribution in [0.4, 0.5) is 5.69 Å². The second kappa shape index (κ2) is 10.1. The molecule has 2 aliphatic heterocycles. The molecule has 2 aliphatic rings. The number of hydrogen-bond donors (Lipinski definition) is 1. The third kappa shape index (κ3) is 5.12. The van der Waals surface area contributed by atoms with E-state index in [4.69, 9.17) is 0 Å². The summed E-state index contributed by atoms with van der Waals surface area (Å²) >= 11 is 0. The Labute approximate surface area is 195 Å². The van der Waals surface area contributed by atoms with Crippen molar-refractivity contribution >= 4 is 27.5 Å². The first-order chi connectivity index (χ1) is 15.9. The maximum atomic E-state index is 13.0. The number of benzene rings is 2. The van der Waals surface area contributed by atoms with Gasteiger partial charge in [0.2, 0.25) is 10.0 Å². The summed E-state index contributed by atoms with van der Waals surface area (Å²) in [6.45, 7) is 4.38. The maximum absolute atomic E-state index is 13.0. The van der Waals surface area contributed by atoms with Crippen molar-refractivity contribution in [1.82, 2.24) is 9.21 Å². The van der Waals surface area contributed by atoms with Crippen molar-refractivity contribution in [2.75, 3.05) is 31.5 Å². The normalized spacial score (nSPS) is 17.5. The highest BCUT2D eigenvalue weighted by Crippen LogP contribution is 2.25. The van der Waals surface area contributed by atoms with Crippen LogP contribution in [0.2, 0.25) is 0 Å². The lowest BCUT2D eigenvalue weighted by molar-refractivity contribution is 0.0793. The van der Waals surface area contributed by atoms with E-state index in [1.54, 1.807) is 10.4 Å². The van der Waals surface area contributed by atoms with Crippen molar-refractivity contribution in [3.63, 3.8) is 0 Å². The van der Waals surface area contributed by atoms with Gasteiger partial charge in [-0.15, -0.1) is 0 Å². The number of sulfonamides is 1. The molecule has 0 atom stereocenters. The number of para-hydroxylation sites is 1. The van der Waals surface area contributed by atoms with E-state index in [-0.39, 0.29) is 16.7 Å². The lowest BCUT2D eigenvalue weighted by atomic mass is 10.1. The van der Waals surface area contributed by atoms with E-state index in [0.29, 0.717) is 29.9 Å². The summed E-state index contributed by atoms with van der Waals surface area (Å²) in [4.78, 5) is 28.0. The van der Waals surface area contributed by atoms with Crippen LogP contribution in [0.15, 0.2) is 47.4 Å². The molecule has 0 aliphatic carbocycles. The Bertz CT molecular complexity index is 1110. The molecule has 2 heterocycles. The molecule has 176 valence electrons. The fourth-order valence-corrected chi connectivity index (χ4v) is 6.01. The highest BCUT2D eigenvalue weighted by molar-refractivity contribution is 7.89. The van der Waals surface area contributed by atoms with Crippen LogP contribution in [0.1, 0.15) is 64.8 Å². The lowest BCUT2D eigenvalue weighted by Crippen LogP contribution is -2.32. The highest BCUT2D eigenvalue weighted by Gasteiger charge is 2.26. The summed E-state index contributed by atoms with van der Waals surface area (Å²) in [7, 11) is -3.57. The summed E-state index contributed by atoms with van der Waals surface area (Å²) in [6, 6.07) is 11.4. The van der Waals surface area contributed by atoms with E-state index >= 15 is 0 Å². The van der Waals surface area contributed by atoms with Crippen LogP contribution in [0, 0.1) is 6.92 Å². The molecule has 2 aromatic carbocycles. The van der Waals surface area contributed by atoms with Gasteiger partial charge < -0.3 is 10.2 Å². The van der Waals surface area contributed by atoms with Gasteiger partial charge in [-0.25, -0.2) is 8.42 Å². The first kappa shape index (κ1) is 23.4. The molecule has 2 fully saturated rings. The van der Waals surface area contributed by atoms with Gasteiger partial charge in [0.1, 0.15) is 0 Å². The lowest BCUT2D eigenvalue weighted by Gasteiger charge is -2.20. The number of nitrogens with zero attached hydrogens (tertiary/aromatic N) is 2. The SMILES string of the molecule is Cc1cccc(C(=O)N2CCCC2)c1NC(=O)c1ccc(S(=O)(=O)N2CCCCCC2)cc1. The fraction of sp³-hybridized carbons (Fsp3) is 0.440. The van der Waals surface area contributed by atoms with Gasteiger partial charge in [0, 0.05) is 31.7 Å². The van der Waals surface area contributed by atoms with Crippen molar-refractivity contribution in [3.05, 3.63) is 59.2 Å². The molecule has 0 unspecified atom stereocenters. The van der Waals surface area contributed by atoms with Gasteiger partial charge >= 0.3 is 0 Å². The molecule has 0 spiro atoms. The van der Waals surface area contributed by atoms with E-state index in [2.05, 4.69) is 5.32 Å². The zero-order chi connectivity index (χ0) is 23.4. The Morgan fingerprint density at radius 1 is 0.818 bits per heavy atom. The van der Waals surface area contributed by atoms with E-state index in [0.717, 1.165) is 57.2 Å². The number of nitrogens with one attached hydrogen (secondary N) is 1. The van der Waals surface area contributed by atoms with Crippen LogP contribution in [0.5, 0.6) is 0 Å². The Balaban J connectivity index is 1.52. The molecule has 7 nitrogen and oxygen atoms in total. The average Bonchev–Trinajstić information content (AvgIpc) is 3.21. The number of carbonyl (C=O) groups is 2. The van der Waals surface area contributed by atoms with Gasteiger partial charge in [-0.1, -0.05) is 25.0 Å². The Kier molecular flexibility index (Phi) is 7.14. The first-order valence-electron chi connectivity index (χ1n) is 11.7. The number of anilines is 1. The molecular formula is C25H31N3O4S. The smallest absolute Gasteiger partial charge is 0.255 e. The second-order valence-electron chi connectivity index (χ2n) is 8.79. The molecular weight excluding hydrogens is 438 g/mol. The number of carbonyl (C=O) groups excluding carboxylic acids is 2. The largest absolute Gasteiger partial charge is 0.339 e. The van der Waals surface area contributed by atoms with Crippen LogP contribution in [0.25, 0.3) is 0 Å². The summed E-state index contributed by atoms with van der Waals surface area (Å²) < 4.78 is 27.5. The van der Waals surface area contributed by atoms with Crippen molar-refractivity contribution < 1.29 is 18.0 Å². The number of likely N-dealkylation sites (tertiary alicyclic amines) is 1. The summed E-state index contributed by atoms with van der Waals surface area (Å²) in [5, 5.41) is 2.88. The molecule has 2 saturated heterocycles. The second-order valence-corrected chi connectivity index (χ2v) is 10.7. The molecule has 0 radical (unpaired) electrons. The number of aryl methyl sites for hydroxylation is 1. The quantitative estimate of drug-likeness (QED) is 0.716. The predicted molar refractivity (Wildman–Crippen MR) is 128 cm³/mol. The van der Waals surface area contributed by atoms with Crippen molar-refractivity contribution in [2.24, 2.45) is 0 Å². The van der Waals surface area contributed by atoms with Gasteiger partial charge in [0.25, 0.3) is 11.8 Å². The van der Waals surface area contributed by atoms with Crippen LogP contribution >= 0.6 is 0 Å². The van der Waals surface area contributed by atoms with E-state index in [9.17, 15) is 18.0 Å². The van der Waals surface area contributed by atoms with E-state index in [1.807, 2.05) is 24.0 Å². The molecule has 0 aromatic heterocycles. The molecule has 2 aromatic rings. The van der Waals surface area contributed by atoms with Crippen LogP contribution in [-0.2, 0) is 10.0 Å². The highest BCUT2D eigenvalue weighted by atomic mass is 32.2. The molecule has 33 heavy (non-hydrogen) atoms. The molecule has 1 N–H and O–H groups in total. The number of hydrogen-bond acceptors (Lipinski definition) is 4. The molecule has 2 amide bonds. The van der Waals surface area contributed by atoms with Crippen molar-refractivity contribution in [3.8, 4) is 0 Å². The van der Waals surface area contributed by atoms with Gasteiger partial charge in [-0.3, -0.25) is 9.59 Å². The van der Waals surface area contributed by atoms with E-state index < -0.39 is 10.0 Å². The zero-order valence-corrected chi connectivity index (χ0v) is 19.9. The minimum Gasteiger partial charge on any atom is -0.339 e. The number of amides is 2. The predicted octanol–water partition coefficient (Wildman–Crippen LogP) is 4.05. The van der Waals surface area contributed by atoms with Crippen LogP contribution < -0.4 is 5.32 Å². The number of rotatable bonds is 5. The van der Waals surface area contributed by atoms with Gasteiger partial charge in [-0.2, -0.15) is 4.31 Å². The van der Waals surface area contributed by atoms with Crippen LogP contribution in [0.3, 0.4) is 0 Å². The zero-order valence-electron chi connectivity index (χ0n) is 19.0. The Morgan fingerprint density at radius 2 is 1.42 bits per heavy atom. The standard InChI is InChI=1S/C25H31N3O4S/c1-19-9-8-10-22(25(30)27-15-6-7-16-27)23(19)26-24(29)20-11-13-21(14-12-20)33(31,32)28-17-4-2-3-5-18-28/h8-14H,2-7,15-18H2,1H3,(H,26,29). The molecule has 8 heteroatoms. The first-order valence-corrected chi connectivity index (χ1v) is 13.1. The third-order valence-electron chi connectivity index (χ3n) is 6.45. The summed E-state index contributed by atoms with van der Waals surface area (Å²) in [6.07, 6.45) is 5.82. The van der Waals surface area contributed by atoms with Crippen LogP contribution in [-0.4, -0.2) is 55.6 Å². The minimum absolute atomic E-state index is 0.0783. The maximum Gasteiger partial charge on any atom is 0.255 e. The molecule has 4 rings (SSSR count). The monoisotopic (exact) mass is 469 g/mol. The van der Waals surface area contributed by atoms with Gasteiger partial charge in [0.05, 0.1) is 16.1 Å². The summed E-state index contributed by atoms with van der Waals surface area (Å²) in [5.41, 5.74) is 2.12. The summed E-state index contributed by atoms with van der Waals surface area (Å²) in [5.74, 6) is -0.455. The third-order valence-corrected chi connectivity index (χ3v) is 8.37. The van der Waals surface area contributed by atoms with Gasteiger partial charge in [-0.05, 0) is 68.5 Å². The topological polar surface area (TPSA) is 86.8 Å². The van der Waals surface area contributed by atoms with Crippen molar-refractivity contribution in [1.29, 1.82) is 0 Å².